The summed E-state index contributed by atoms with van der Waals surface area (Å²) in [7, 11) is 0. The van der Waals surface area contributed by atoms with E-state index in [1.807, 2.05) is 30.3 Å². The van der Waals surface area contributed by atoms with Crippen molar-refractivity contribution >= 4 is 23.4 Å². The molecule has 0 aliphatic heterocycles. The van der Waals surface area contributed by atoms with Gasteiger partial charge in [-0.15, -0.1) is 5.10 Å². The van der Waals surface area contributed by atoms with E-state index in [1.165, 1.54) is 11.8 Å². The number of anilines is 1. The Labute approximate surface area is 155 Å². The molecular formula is C18H16N6OS. The minimum atomic E-state index is -0.402. The Hall–Kier alpha value is -3.18. The Morgan fingerprint density at radius 3 is 2.85 bits per heavy atom. The first kappa shape index (κ1) is 17.6. The summed E-state index contributed by atoms with van der Waals surface area (Å²) < 4.78 is 1.67. The zero-order chi connectivity index (χ0) is 18.4. The highest BCUT2D eigenvalue weighted by Crippen LogP contribution is 2.22. The highest BCUT2D eigenvalue weighted by atomic mass is 32.2. The molecule has 0 aliphatic rings. The second kappa shape index (κ2) is 8.27. The molecule has 1 unspecified atom stereocenters. The van der Waals surface area contributed by atoms with E-state index in [2.05, 4.69) is 26.9 Å². The van der Waals surface area contributed by atoms with E-state index in [-0.39, 0.29) is 5.91 Å². The van der Waals surface area contributed by atoms with E-state index < -0.39 is 5.25 Å². The first-order valence-corrected chi connectivity index (χ1v) is 8.81. The number of rotatable bonds is 6. The Morgan fingerprint density at radius 2 is 2.08 bits per heavy atom. The molecule has 0 spiro atoms. The van der Waals surface area contributed by atoms with E-state index in [4.69, 9.17) is 5.26 Å². The van der Waals surface area contributed by atoms with Crippen molar-refractivity contribution in [1.29, 1.82) is 5.26 Å². The van der Waals surface area contributed by atoms with Gasteiger partial charge in [0.2, 0.25) is 11.1 Å². The summed E-state index contributed by atoms with van der Waals surface area (Å²) in [6, 6.07) is 18.7. The number of carbonyl (C=O) groups excluding carboxylic acids is 1. The molecule has 3 rings (SSSR count). The van der Waals surface area contributed by atoms with Gasteiger partial charge in [-0.1, -0.05) is 48.2 Å². The third kappa shape index (κ3) is 4.46. The molecule has 7 nitrogen and oxygen atoms in total. The fourth-order valence-corrected chi connectivity index (χ4v) is 3.05. The molecule has 0 saturated carbocycles. The fourth-order valence-electron chi connectivity index (χ4n) is 2.26. The normalized spacial score (nSPS) is 11.5. The van der Waals surface area contributed by atoms with Gasteiger partial charge in [-0.2, -0.15) is 5.26 Å². The summed E-state index contributed by atoms with van der Waals surface area (Å²) in [5.41, 5.74) is 2.16. The molecule has 0 fully saturated rings. The molecule has 3 aromatic rings. The quantitative estimate of drug-likeness (QED) is 0.676. The minimum absolute atomic E-state index is 0.181. The summed E-state index contributed by atoms with van der Waals surface area (Å²) in [5.74, 6) is -0.181. The van der Waals surface area contributed by atoms with Gasteiger partial charge in [0.05, 0.1) is 23.4 Å². The van der Waals surface area contributed by atoms with Crippen LogP contribution in [-0.4, -0.2) is 31.4 Å². The van der Waals surface area contributed by atoms with Crippen molar-refractivity contribution in [3.05, 3.63) is 65.7 Å². The maximum Gasteiger partial charge on any atom is 0.237 e. The van der Waals surface area contributed by atoms with Gasteiger partial charge in [0.15, 0.2) is 0 Å². The number of nitrogens with one attached hydrogen (secondary N) is 1. The van der Waals surface area contributed by atoms with Crippen molar-refractivity contribution in [3.63, 3.8) is 0 Å². The third-order valence-corrected chi connectivity index (χ3v) is 4.66. The van der Waals surface area contributed by atoms with Gasteiger partial charge in [0.1, 0.15) is 0 Å². The number of hydrogen-bond acceptors (Lipinski definition) is 6. The van der Waals surface area contributed by atoms with Crippen LogP contribution in [0.1, 0.15) is 18.1 Å². The lowest BCUT2D eigenvalue weighted by molar-refractivity contribution is -0.115. The van der Waals surface area contributed by atoms with Gasteiger partial charge in [-0.05, 0) is 41.1 Å². The highest BCUT2D eigenvalue weighted by molar-refractivity contribution is 8.00. The minimum Gasteiger partial charge on any atom is -0.325 e. The lowest BCUT2D eigenvalue weighted by Gasteiger charge is -2.12. The Balaban J connectivity index is 1.64. The average Bonchev–Trinajstić information content (AvgIpc) is 3.09. The number of hydrogen-bond donors (Lipinski definition) is 1. The molecule has 8 heteroatoms. The number of tetrazole rings is 1. The van der Waals surface area contributed by atoms with Crippen molar-refractivity contribution in [2.24, 2.45) is 0 Å². The van der Waals surface area contributed by atoms with Gasteiger partial charge in [-0.25, -0.2) is 4.68 Å². The molecule has 1 amide bonds. The molecule has 0 aliphatic carbocycles. The van der Waals surface area contributed by atoms with Crippen molar-refractivity contribution in [3.8, 4) is 6.07 Å². The molecule has 0 saturated heterocycles. The van der Waals surface area contributed by atoms with Crippen LogP contribution in [0.15, 0.2) is 59.8 Å². The maximum absolute atomic E-state index is 12.4. The van der Waals surface area contributed by atoms with Crippen LogP contribution in [0.4, 0.5) is 5.69 Å². The smallest absolute Gasteiger partial charge is 0.237 e. The first-order chi connectivity index (χ1) is 12.7. The lowest BCUT2D eigenvalue weighted by atomic mass is 10.2. The van der Waals surface area contributed by atoms with Gasteiger partial charge in [-0.3, -0.25) is 4.79 Å². The number of benzene rings is 2. The SMILES string of the molecule is CC(Sc1nnnn1Cc1ccccc1)C(=O)Nc1cccc(C#N)c1. The van der Waals surface area contributed by atoms with Gasteiger partial charge in [0.25, 0.3) is 0 Å². The molecule has 1 N–H and O–H groups in total. The standard InChI is InChI=1S/C18H16N6OS/c1-13(17(25)20-16-9-5-8-15(10-16)11-19)26-18-21-22-23-24(18)12-14-6-3-2-4-7-14/h2-10,13H,12H2,1H3,(H,20,25). The van der Waals surface area contributed by atoms with E-state index in [1.54, 1.807) is 35.9 Å². The van der Waals surface area contributed by atoms with E-state index in [0.29, 0.717) is 23.0 Å². The second-order valence-electron chi connectivity index (χ2n) is 5.55. The number of carbonyl (C=O) groups is 1. The molecule has 26 heavy (non-hydrogen) atoms. The van der Waals surface area contributed by atoms with Gasteiger partial charge in [0, 0.05) is 5.69 Å². The topological polar surface area (TPSA) is 96.5 Å². The van der Waals surface area contributed by atoms with Crippen LogP contribution in [0.25, 0.3) is 0 Å². The predicted molar refractivity (Wildman–Crippen MR) is 98.5 cm³/mol. The van der Waals surface area contributed by atoms with Crippen LogP contribution in [0, 0.1) is 11.3 Å². The fraction of sp³-hybridized carbons (Fsp3) is 0.167. The summed E-state index contributed by atoms with van der Waals surface area (Å²) >= 11 is 1.28. The molecule has 1 atom stereocenters. The molecule has 1 aromatic heterocycles. The van der Waals surface area contributed by atoms with Crippen LogP contribution in [0.5, 0.6) is 0 Å². The van der Waals surface area contributed by atoms with Crippen molar-refractivity contribution in [2.75, 3.05) is 5.32 Å². The monoisotopic (exact) mass is 364 g/mol. The number of amides is 1. The molecule has 0 radical (unpaired) electrons. The number of aromatic nitrogens is 4. The van der Waals surface area contributed by atoms with Crippen LogP contribution in [-0.2, 0) is 11.3 Å². The molecule has 130 valence electrons. The maximum atomic E-state index is 12.4. The number of nitrogens with zero attached hydrogens (tertiary/aromatic N) is 5. The molecule has 2 aromatic carbocycles. The van der Waals surface area contributed by atoms with Crippen LogP contribution in [0.2, 0.25) is 0 Å². The highest BCUT2D eigenvalue weighted by Gasteiger charge is 2.19. The summed E-state index contributed by atoms with van der Waals surface area (Å²) in [5, 5.41) is 23.6. The third-order valence-electron chi connectivity index (χ3n) is 3.58. The largest absolute Gasteiger partial charge is 0.325 e. The Morgan fingerprint density at radius 1 is 1.27 bits per heavy atom. The zero-order valence-electron chi connectivity index (χ0n) is 14.0. The second-order valence-corrected chi connectivity index (χ2v) is 6.85. The summed E-state index contributed by atoms with van der Waals surface area (Å²) in [4.78, 5) is 12.4. The van der Waals surface area contributed by atoms with E-state index in [0.717, 1.165) is 5.56 Å². The van der Waals surface area contributed by atoms with Crippen LogP contribution in [0.3, 0.4) is 0 Å². The van der Waals surface area contributed by atoms with Gasteiger partial charge >= 0.3 is 0 Å². The molecular weight excluding hydrogens is 348 g/mol. The van der Waals surface area contributed by atoms with Crippen molar-refractivity contribution in [2.45, 2.75) is 23.9 Å². The predicted octanol–water partition coefficient (Wildman–Crippen LogP) is 2.71. The van der Waals surface area contributed by atoms with Crippen molar-refractivity contribution < 1.29 is 4.79 Å². The number of nitriles is 1. The molecule has 1 heterocycles. The Kier molecular flexibility index (Phi) is 5.61. The summed E-state index contributed by atoms with van der Waals surface area (Å²) in [6.07, 6.45) is 0. The Bertz CT molecular complexity index is 934. The zero-order valence-corrected chi connectivity index (χ0v) is 14.8. The number of thioether (sulfide) groups is 1. The van der Waals surface area contributed by atoms with E-state index in [9.17, 15) is 4.79 Å². The lowest BCUT2D eigenvalue weighted by Crippen LogP contribution is -2.23. The van der Waals surface area contributed by atoms with E-state index >= 15 is 0 Å². The van der Waals surface area contributed by atoms with Crippen molar-refractivity contribution in [1.82, 2.24) is 20.2 Å². The average molecular weight is 364 g/mol. The van der Waals surface area contributed by atoms with Crippen LogP contribution < -0.4 is 5.32 Å². The van der Waals surface area contributed by atoms with Crippen LogP contribution >= 0.6 is 11.8 Å². The first-order valence-electron chi connectivity index (χ1n) is 7.93. The van der Waals surface area contributed by atoms with Gasteiger partial charge < -0.3 is 5.32 Å². The summed E-state index contributed by atoms with van der Waals surface area (Å²) in [6.45, 7) is 2.32. The molecule has 0 bridgehead atoms.